The number of carbonyl (C=O) groups is 2. The van der Waals surface area contributed by atoms with Gasteiger partial charge < -0.3 is 10.6 Å². The molecule has 9 nitrogen and oxygen atoms in total. The molecule has 0 saturated heterocycles. The third-order valence-electron chi connectivity index (χ3n) is 6.59. The summed E-state index contributed by atoms with van der Waals surface area (Å²) in [6, 6.07) is 4.70. The standard InChI is InChI=1S/C24H31N7O2/c1-14-5-7-17(8-6-14)22(28-23(32)19-11-12-26-31(19)4)24(33)27-20-10-9-18(13-25-20)21-15(2)29-30-16(21)3/h9-14,17,22H,5-8H2,1-4H3,(H,28,32)(H,29,30)(H,25,27,33)/t14?,17?,22-/m0/s1. The molecule has 1 saturated carbocycles. The SMILES string of the molecule is Cc1n[nH]c(C)c1-c1ccc(NC(=O)[C@@H](NC(=O)c2ccnn2C)C2CCC(C)CC2)nc1. The lowest BCUT2D eigenvalue weighted by Gasteiger charge is -2.32. The summed E-state index contributed by atoms with van der Waals surface area (Å²) in [4.78, 5) is 30.6. The van der Waals surface area contributed by atoms with Crippen LogP contribution >= 0.6 is 0 Å². The van der Waals surface area contributed by atoms with Crippen molar-refractivity contribution in [3.05, 3.63) is 47.7 Å². The summed E-state index contributed by atoms with van der Waals surface area (Å²) in [6.07, 6.45) is 7.19. The van der Waals surface area contributed by atoms with Gasteiger partial charge in [-0.1, -0.05) is 19.8 Å². The Morgan fingerprint density at radius 1 is 1.15 bits per heavy atom. The van der Waals surface area contributed by atoms with E-state index >= 15 is 0 Å². The van der Waals surface area contributed by atoms with Crippen molar-refractivity contribution < 1.29 is 9.59 Å². The molecule has 3 aromatic rings. The number of amides is 2. The monoisotopic (exact) mass is 449 g/mol. The molecule has 1 aliphatic carbocycles. The smallest absolute Gasteiger partial charge is 0.270 e. The van der Waals surface area contributed by atoms with Gasteiger partial charge in [-0.3, -0.25) is 19.4 Å². The molecule has 3 heterocycles. The molecule has 33 heavy (non-hydrogen) atoms. The fourth-order valence-corrected chi connectivity index (χ4v) is 4.62. The van der Waals surface area contributed by atoms with E-state index in [1.807, 2.05) is 19.9 Å². The van der Waals surface area contributed by atoms with Gasteiger partial charge >= 0.3 is 0 Å². The van der Waals surface area contributed by atoms with Crippen LogP contribution in [0, 0.1) is 25.7 Å². The molecule has 0 spiro atoms. The zero-order chi connectivity index (χ0) is 23.5. The van der Waals surface area contributed by atoms with Gasteiger partial charge in [0.25, 0.3) is 5.91 Å². The molecule has 4 rings (SSSR count). The van der Waals surface area contributed by atoms with Crippen LogP contribution < -0.4 is 10.6 Å². The molecule has 0 unspecified atom stereocenters. The summed E-state index contributed by atoms with van der Waals surface area (Å²) in [5.74, 6) is 0.617. The number of anilines is 1. The molecule has 0 bridgehead atoms. The van der Waals surface area contributed by atoms with Crippen LogP contribution in [0.5, 0.6) is 0 Å². The van der Waals surface area contributed by atoms with Gasteiger partial charge in [0.15, 0.2) is 0 Å². The highest BCUT2D eigenvalue weighted by Crippen LogP contribution is 2.31. The Bertz CT molecular complexity index is 1100. The van der Waals surface area contributed by atoms with Crippen molar-refractivity contribution >= 4 is 17.6 Å². The number of aromatic amines is 1. The summed E-state index contributed by atoms with van der Waals surface area (Å²) in [6.45, 7) is 6.13. The molecule has 174 valence electrons. The number of carbonyl (C=O) groups excluding carboxylic acids is 2. The highest BCUT2D eigenvalue weighted by atomic mass is 16.2. The lowest BCUT2D eigenvalue weighted by atomic mass is 9.79. The van der Waals surface area contributed by atoms with Gasteiger partial charge in [0, 0.05) is 36.3 Å². The maximum absolute atomic E-state index is 13.3. The van der Waals surface area contributed by atoms with E-state index < -0.39 is 6.04 Å². The van der Waals surface area contributed by atoms with Crippen molar-refractivity contribution in [2.24, 2.45) is 18.9 Å². The van der Waals surface area contributed by atoms with Gasteiger partial charge in [-0.25, -0.2) is 4.98 Å². The Hall–Kier alpha value is -3.49. The third kappa shape index (κ3) is 4.97. The minimum Gasteiger partial charge on any atom is -0.339 e. The Labute approximate surface area is 193 Å². The Balaban J connectivity index is 1.51. The normalized spacial score (nSPS) is 19.2. The van der Waals surface area contributed by atoms with Crippen molar-refractivity contribution in [2.75, 3.05) is 5.32 Å². The third-order valence-corrected chi connectivity index (χ3v) is 6.59. The number of nitrogens with zero attached hydrogens (tertiary/aromatic N) is 4. The summed E-state index contributed by atoms with van der Waals surface area (Å²) in [7, 11) is 1.71. The summed E-state index contributed by atoms with van der Waals surface area (Å²) in [5, 5.41) is 17.1. The van der Waals surface area contributed by atoms with E-state index in [0.717, 1.165) is 48.2 Å². The van der Waals surface area contributed by atoms with Crippen molar-refractivity contribution in [1.29, 1.82) is 0 Å². The van der Waals surface area contributed by atoms with Crippen molar-refractivity contribution in [1.82, 2.24) is 30.3 Å². The number of hydrogen-bond donors (Lipinski definition) is 3. The first-order chi connectivity index (χ1) is 15.8. The number of aromatic nitrogens is 5. The predicted molar refractivity (Wildman–Crippen MR) is 126 cm³/mol. The Morgan fingerprint density at radius 3 is 2.48 bits per heavy atom. The number of aryl methyl sites for hydroxylation is 3. The molecule has 0 aliphatic heterocycles. The van der Waals surface area contributed by atoms with Crippen LogP contribution in [0.15, 0.2) is 30.6 Å². The maximum atomic E-state index is 13.3. The highest BCUT2D eigenvalue weighted by Gasteiger charge is 2.33. The van der Waals surface area contributed by atoms with Crippen LogP contribution in [-0.4, -0.2) is 42.8 Å². The van der Waals surface area contributed by atoms with E-state index in [2.05, 4.69) is 37.8 Å². The predicted octanol–water partition coefficient (Wildman–Crippen LogP) is 3.39. The average Bonchev–Trinajstić information content (AvgIpc) is 3.38. The molecule has 2 amide bonds. The zero-order valence-electron chi connectivity index (χ0n) is 19.6. The fraction of sp³-hybridized carbons (Fsp3) is 0.458. The van der Waals surface area contributed by atoms with E-state index in [-0.39, 0.29) is 17.7 Å². The van der Waals surface area contributed by atoms with Crippen LogP contribution in [0.4, 0.5) is 5.82 Å². The van der Waals surface area contributed by atoms with Crippen LogP contribution in [0.2, 0.25) is 0 Å². The molecular formula is C24H31N7O2. The number of rotatable bonds is 6. The summed E-state index contributed by atoms with van der Waals surface area (Å²) < 4.78 is 1.51. The molecule has 3 aromatic heterocycles. The van der Waals surface area contributed by atoms with Crippen LogP contribution in [0.25, 0.3) is 11.1 Å². The minimum atomic E-state index is -0.639. The molecule has 1 fully saturated rings. The number of pyridine rings is 1. The minimum absolute atomic E-state index is 0.0777. The topological polar surface area (TPSA) is 118 Å². The second kappa shape index (κ2) is 9.56. The first-order valence-corrected chi connectivity index (χ1v) is 11.4. The largest absolute Gasteiger partial charge is 0.339 e. The molecule has 3 N–H and O–H groups in total. The van der Waals surface area contributed by atoms with E-state index in [4.69, 9.17) is 0 Å². The molecule has 1 atom stereocenters. The molecule has 1 aliphatic rings. The van der Waals surface area contributed by atoms with E-state index in [0.29, 0.717) is 17.4 Å². The zero-order valence-corrected chi connectivity index (χ0v) is 19.6. The first-order valence-electron chi connectivity index (χ1n) is 11.4. The van der Waals surface area contributed by atoms with Crippen molar-refractivity contribution in [3.8, 4) is 11.1 Å². The van der Waals surface area contributed by atoms with E-state index in [9.17, 15) is 9.59 Å². The first kappa shape index (κ1) is 22.7. The fourth-order valence-electron chi connectivity index (χ4n) is 4.62. The second-order valence-electron chi connectivity index (χ2n) is 9.04. The van der Waals surface area contributed by atoms with Crippen LogP contribution in [0.3, 0.4) is 0 Å². The summed E-state index contributed by atoms with van der Waals surface area (Å²) in [5.41, 5.74) is 4.23. The molecule has 0 radical (unpaired) electrons. The average molecular weight is 450 g/mol. The summed E-state index contributed by atoms with van der Waals surface area (Å²) >= 11 is 0. The van der Waals surface area contributed by atoms with Gasteiger partial charge in [-0.15, -0.1) is 0 Å². The maximum Gasteiger partial charge on any atom is 0.270 e. The van der Waals surface area contributed by atoms with Gasteiger partial charge in [-0.2, -0.15) is 10.2 Å². The van der Waals surface area contributed by atoms with Gasteiger partial charge in [0.1, 0.15) is 17.6 Å². The number of nitrogens with one attached hydrogen (secondary N) is 3. The lowest BCUT2D eigenvalue weighted by molar-refractivity contribution is -0.119. The second-order valence-corrected chi connectivity index (χ2v) is 9.04. The van der Waals surface area contributed by atoms with Gasteiger partial charge in [0.2, 0.25) is 5.91 Å². The van der Waals surface area contributed by atoms with E-state index in [1.165, 1.54) is 4.68 Å². The lowest BCUT2D eigenvalue weighted by Crippen LogP contribution is -2.49. The highest BCUT2D eigenvalue weighted by molar-refractivity contribution is 6.00. The number of H-pyrrole nitrogens is 1. The quantitative estimate of drug-likeness (QED) is 0.533. The number of hydrogen-bond acceptors (Lipinski definition) is 5. The molecule has 9 heteroatoms. The van der Waals surface area contributed by atoms with Crippen molar-refractivity contribution in [3.63, 3.8) is 0 Å². The molecule has 0 aromatic carbocycles. The van der Waals surface area contributed by atoms with Crippen LogP contribution in [0.1, 0.15) is 54.5 Å². The van der Waals surface area contributed by atoms with Crippen LogP contribution in [-0.2, 0) is 11.8 Å². The Morgan fingerprint density at radius 2 is 1.91 bits per heavy atom. The van der Waals surface area contributed by atoms with Gasteiger partial charge in [-0.05, 0) is 56.7 Å². The van der Waals surface area contributed by atoms with Gasteiger partial charge in [0.05, 0.1) is 5.69 Å². The van der Waals surface area contributed by atoms with E-state index in [1.54, 1.807) is 31.6 Å². The molecular weight excluding hydrogens is 418 g/mol. The Kier molecular flexibility index (Phi) is 6.57. The van der Waals surface area contributed by atoms with Crippen molar-refractivity contribution in [2.45, 2.75) is 52.5 Å².